The van der Waals surface area contributed by atoms with Crippen LogP contribution in [-0.2, 0) is 9.53 Å². The van der Waals surface area contributed by atoms with Crippen molar-refractivity contribution in [2.75, 3.05) is 6.61 Å². The Kier molecular flexibility index (Phi) is 6.51. The van der Waals surface area contributed by atoms with E-state index in [0.717, 1.165) is 17.7 Å². The van der Waals surface area contributed by atoms with Crippen LogP contribution in [0.5, 0.6) is 0 Å². The van der Waals surface area contributed by atoms with Gasteiger partial charge < -0.3 is 10.1 Å². The molecule has 2 atom stereocenters. The molecule has 23 heavy (non-hydrogen) atoms. The van der Waals surface area contributed by atoms with Gasteiger partial charge in [0, 0.05) is 6.20 Å². The van der Waals surface area contributed by atoms with Crippen molar-refractivity contribution in [1.82, 2.24) is 10.3 Å². The Labute approximate surface area is 137 Å². The van der Waals surface area contributed by atoms with E-state index in [1.165, 1.54) is 0 Å². The topological polar surface area (TPSA) is 51.2 Å². The maximum absolute atomic E-state index is 12.4. The van der Waals surface area contributed by atoms with Crippen LogP contribution in [0.1, 0.15) is 30.6 Å². The van der Waals surface area contributed by atoms with Gasteiger partial charge in [-0.1, -0.05) is 42.5 Å². The summed E-state index contributed by atoms with van der Waals surface area (Å²) in [6.45, 7) is 5.87. The number of ether oxygens (including phenoxy) is 1. The fourth-order valence-electron chi connectivity index (χ4n) is 2.18. The quantitative estimate of drug-likeness (QED) is 0.601. The summed E-state index contributed by atoms with van der Waals surface area (Å²) < 4.78 is 5.51. The molecule has 0 saturated carbocycles. The van der Waals surface area contributed by atoms with Gasteiger partial charge in [0.05, 0.1) is 18.3 Å². The van der Waals surface area contributed by atoms with Gasteiger partial charge in [0.2, 0.25) is 5.91 Å². The minimum atomic E-state index is -0.523. The van der Waals surface area contributed by atoms with Crippen molar-refractivity contribution in [2.45, 2.75) is 25.5 Å². The number of carbonyl (C=O) groups is 1. The van der Waals surface area contributed by atoms with Gasteiger partial charge >= 0.3 is 0 Å². The summed E-state index contributed by atoms with van der Waals surface area (Å²) in [6, 6.07) is 15.2. The lowest BCUT2D eigenvalue weighted by Gasteiger charge is -2.21. The molecule has 0 aliphatic heterocycles. The molecule has 2 rings (SSSR count). The summed E-state index contributed by atoms with van der Waals surface area (Å²) >= 11 is 0. The Bertz CT molecular complexity index is 574. The van der Waals surface area contributed by atoms with Crippen molar-refractivity contribution in [3.63, 3.8) is 0 Å². The van der Waals surface area contributed by atoms with Gasteiger partial charge in [-0.3, -0.25) is 9.78 Å². The van der Waals surface area contributed by atoms with E-state index in [4.69, 9.17) is 4.74 Å². The Morgan fingerprint density at radius 1 is 1.26 bits per heavy atom. The van der Waals surface area contributed by atoms with Gasteiger partial charge in [-0.2, -0.15) is 0 Å². The minimum Gasteiger partial charge on any atom is -0.368 e. The van der Waals surface area contributed by atoms with Crippen molar-refractivity contribution in [1.29, 1.82) is 0 Å². The van der Waals surface area contributed by atoms with E-state index in [9.17, 15) is 4.79 Å². The van der Waals surface area contributed by atoms with E-state index >= 15 is 0 Å². The first-order valence-corrected chi connectivity index (χ1v) is 7.71. The van der Waals surface area contributed by atoms with Gasteiger partial charge in [0.25, 0.3) is 0 Å². The molecular weight excluding hydrogens is 288 g/mol. The number of hydrogen-bond acceptors (Lipinski definition) is 3. The number of aromatic nitrogens is 1. The lowest BCUT2D eigenvalue weighted by atomic mass is 10.0. The van der Waals surface area contributed by atoms with E-state index in [1.54, 1.807) is 19.2 Å². The van der Waals surface area contributed by atoms with Crippen LogP contribution in [-0.4, -0.2) is 23.6 Å². The second kappa shape index (κ2) is 8.86. The number of pyridine rings is 1. The van der Waals surface area contributed by atoms with Crippen molar-refractivity contribution in [2.24, 2.45) is 0 Å². The van der Waals surface area contributed by atoms with Gasteiger partial charge in [0.15, 0.2) is 0 Å². The molecule has 0 aliphatic rings. The van der Waals surface area contributed by atoms with Crippen LogP contribution in [0.25, 0.3) is 0 Å². The van der Waals surface area contributed by atoms with Gasteiger partial charge in [-0.25, -0.2) is 0 Å². The second-order valence-electron chi connectivity index (χ2n) is 5.20. The lowest BCUT2D eigenvalue weighted by molar-refractivity contribution is -0.132. The third kappa shape index (κ3) is 5.04. The van der Waals surface area contributed by atoms with Crippen LogP contribution < -0.4 is 5.32 Å². The molecule has 2 aromatic rings. The third-order valence-electron chi connectivity index (χ3n) is 3.46. The Morgan fingerprint density at radius 3 is 2.65 bits per heavy atom. The second-order valence-corrected chi connectivity index (χ2v) is 5.20. The molecule has 120 valence electrons. The third-order valence-corrected chi connectivity index (χ3v) is 3.46. The number of amides is 1. The number of rotatable bonds is 8. The monoisotopic (exact) mass is 310 g/mol. The Balaban J connectivity index is 2.12. The molecule has 0 radical (unpaired) electrons. The first-order chi connectivity index (χ1) is 11.2. The van der Waals surface area contributed by atoms with Crippen LogP contribution >= 0.6 is 0 Å². The zero-order chi connectivity index (χ0) is 16.5. The average Bonchev–Trinajstić information content (AvgIpc) is 2.61. The van der Waals surface area contributed by atoms with E-state index in [-0.39, 0.29) is 11.9 Å². The molecule has 1 amide bonds. The zero-order valence-corrected chi connectivity index (χ0v) is 13.3. The average molecular weight is 310 g/mol. The Morgan fingerprint density at radius 2 is 2.00 bits per heavy atom. The zero-order valence-electron chi connectivity index (χ0n) is 13.3. The summed E-state index contributed by atoms with van der Waals surface area (Å²) in [5.74, 6) is -0.159. The van der Waals surface area contributed by atoms with Crippen LogP contribution in [0, 0.1) is 0 Å². The predicted molar refractivity (Wildman–Crippen MR) is 90.9 cm³/mol. The summed E-state index contributed by atoms with van der Waals surface area (Å²) in [5, 5.41) is 3.02. The highest BCUT2D eigenvalue weighted by molar-refractivity contribution is 5.81. The molecule has 4 nitrogen and oxygen atoms in total. The number of nitrogens with zero attached hydrogens (tertiary/aromatic N) is 1. The number of nitrogens with one attached hydrogen (secondary N) is 1. The number of carbonyl (C=O) groups excluding carboxylic acids is 1. The smallest absolute Gasteiger partial charge is 0.249 e. The maximum Gasteiger partial charge on any atom is 0.249 e. The molecule has 1 heterocycles. The fourth-order valence-corrected chi connectivity index (χ4v) is 2.18. The predicted octanol–water partition coefficient (Wildman–Crippen LogP) is 3.27. The van der Waals surface area contributed by atoms with Crippen LogP contribution in [0.4, 0.5) is 0 Å². The molecular formula is C19H22N2O2. The van der Waals surface area contributed by atoms with E-state index in [2.05, 4.69) is 16.9 Å². The molecule has 1 aromatic carbocycles. The van der Waals surface area contributed by atoms with E-state index in [0.29, 0.717) is 6.61 Å². The minimum absolute atomic E-state index is 0.159. The highest BCUT2D eigenvalue weighted by Gasteiger charge is 2.21. The fraction of sp³-hybridized carbons (Fsp3) is 0.263. The van der Waals surface area contributed by atoms with Gasteiger partial charge in [-0.05, 0) is 31.0 Å². The van der Waals surface area contributed by atoms with Crippen LogP contribution in [0.2, 0.25) is 0 Å². The van der Waals surface area contributed by atoms with Crippen LogP contribution in [0.15, 0.2) is 67.4 Å². The molecule has 0 unspecified atom stereocenters. The molecule has 4 heteroatoms. The maximum atomic E-state index is 12.4. The SMILES string of the molecule is C=CCCO[C@H](C)C(=O)N[C@H](c1ccccc1)c1ccccn1. The van der Waals surface area contributed by atoms with Gasteiger partial charge in [0.1, 0.15) is 6.10 Å². The summed E-state index contributed by atoms with van der Waals surface area (Å²) in [6.07, 6.45) is 3.69. The van der Waals surface area contributed by atoms with E-state index < -0.39 is 6.10 Å². The van der Waals surface area contributed by atoms with Crippen molar-refractivity contribution in [3.05, 3.63) is 78.6 Å². The highest BCUT2D eigenvalue weighted by Crippen LogP contribution is 2.20. The van der Waals surface area contributed by atoms with Gasteiger partial charge in [-0.15, -0.1) is 6.58 Å². The molecule has 0 spiro atoms. The first kappa shape index (κ1) is 16.9. The van der Waals surface area contributed by atoms with E-state index in [1.807, 2.05) is 48.5 Å². The highest BCUT2D eigenvalue weighted by atomic mass is 16.5. The number of hydrogen-bond donors (Lipinski definition) is 1. The largest absolute Gasteiger partial charge is 0.368 e. The van der Waals surface area contributed by atoms with Crippen molar-refractivity contribution in [3.8, 4) is 0 Å². The molecule has 0 aliphatic carbocycles. The standard InChI is InChI=1S/C19H22N2O2/c1-3-4-14-23-15(2)19(22)21-18(16-10-6-5-7-11-16)17-12-8-9-13-20-17/h3,5-13,15,18H,1,4,14H2,2H3,(H,21,22)/t15-,18-/m1/s1. The van der Waals surface area contributed by atoms with Crippen molar-refractivity contribution < 1.29 is 9.53 Å². The number of benzene rings is 1. The molecule has 1 aromatic heterocycles. The normalized spacial score (nSPS) is 13.1. The molecule has 0 bridgehead atoms. The Hall–Kier alpha value is -2.46. The van der Waals surface area contributed by atoms with Crippen LogP contribution in [0.3, 0.4) is 0 Å². The molecule has 0 saturated heterocycles. The molecule has 1 N–H and O–H groups in total. The van der Waals surface area contributed by atoms with Crippen molar-refractivity contribution >= 4 is 5.91 Å². The summed E-state index contributed by atoms with van der Waals surface area (Å²) in [7, 11) is 0. The first-order valence-electron chi connectivity index (χ1n) is 7.71. The summed E-state index contributed by atoms with van der Waals surface area (Å²) in [5.41, 5.74) is 1.78. The lowest BCUT2D eigenvalue weighted by Crippen LogP contribution is -2.38. The molecule has 0 fully saturated rings. The summed E-state index contributed by atoms with van der Waals surface area (Å²) in [4.78, 5) is 16.8.